The maximum atomic E-state index is 12.3. The second-order valence-corrected chi connectivity index (χ2v) is 9.16. The number of hydrogen-bond donors (Lipinski definition) is 1. The van der Waals surface area contributed by atoms with E-state index in [9.17, 15) is 4.79 Å². The summed E-state index contributed by atoms with van der Waals surface area (Å²) >= 11 is 6.36. The van der Waals surface area contributed by atoms with E-state index in [0.29, 0.717) is 5.82 Å². The molecule has 178 valence electrons. The first-order valence-electron chi connectivity index (χ1n) is 12.0. The molecule has 0 spiro atoms. The minimum Gasteiger partial charge on any atom is -0.300 e. The molecule has 2 aliphatic rings. The quantitative estimate of drug-likeness (QED) is 0.551. The summed E-state index contributed by atoms with van der Waals surface area (Å²) in [5, 5.41) is 0.761. The lowest BCUT2D eigenvalue weighted by molar-refractivity contribution is 0.205. The van der Waals surface area contributed by atoms with Gasteiger partial charge in [-0.05, 0) is 54.7 Å². The number of fused-ring (bicyclic) bond motifs is 2. The van der Waals surface area contributed by atoms with Gasteiger partial charge in [-0.25, -0.2) is 9.66 Å². The Morgan fingerprint density at radius 1 is 1.26 bits per heavy atom. The molecule has 2 aromatic rings. The van der Waals surface area contributed by atoms with Gasteiger partial charge in [0.05, 0.1) is 0 Å². The van der Waals surface area contributed by atoms with Gasteiger partial charge < -0.3 is 0 Å². The highest BCUT2D eigenvalue weighted by atomic mass is 35.5. The van der Waals surface area contributed by atoms with Gasteiger partial charge in [-0.3, -0.25) is 20.1 Å². The molecule has 0 saturated carbocycles. The van der Waals surface area contributed by atoms with E-state index in [4.69, 9.17) is 16.6 Å². The van der Waals surface area contributed by atoms with Gasteiger partial charge in [-0.15, -0.1) is 0 Å². The molecular weight excluding hydrogens is 446 g/mol. The Labute approximate surface area is 206 Å². The second kappa shape index (κ2) is 11.0. The number of aromatic nitrogens is 3. The summed E-state index contributed by atoms with van der Waals surface area (Å²) < 4.78 is 1.53. The predicted octanol–water partition coefficient (Wildman–Crippen LogP) is 5.26. The molecule has 6 nitrogen and oxygen atoms in total. The van der Waals surface area contributed by atoms with E-state index in [2.05, 4.69) is 60.4 Å². The van der Waals surface area contributed by atoms with Crippen LogP contribution in [0, 0.1) is 0 Å². The predicted molar refractivity (Wildman–Crippen MR) is 140 cm³/mol. The van der Waals surface area contributed by atoms with Crippen LogP contribution >= 0.6 is 11.6 Å². The molecule has 0 bridgehead atoms. The Kier molecular flexibility index (Phi) is 7.80. The van der Waals surface area contributed by atoms with Crippen molar-refractivity contribution in [1.29, 1.82) is 0 Å². The summed E-state index contributed by atoms with van der Waals surface area (Å²) in [5.41, 5.74) is 8.95. The number of nitrogens with one attached hydrogen (secondary N) is 1. The fourth-order valence-electron chi connectivity index (χ4n) is 4.38. The Bertz CT molecular complexity index is 1220. The van der Waals surface area contributed by atoms with Crippen LogP contribution < -0.4 is 11.0 Å². The maximum Gasteiger partial charge on any atom is 0.272 e. The largest absolute Gasteiger partial charge is 0.300 e. The zero-order chi connectivity index (χ0) is 24.1. The van der Waals surface area contributed by atoms with Crippen molar-refractivity contribution in [3.63, 3.8) is 0 Å². The minimum absolute atomic E-state index is 0.0701. The lowest BCUT2D eigenvalue weighted by Gasteiger charge is -2.38. The van der Waals surface area contributed by atoms with E-state index in [-0.39, 0.29) is 11.7 Å². The van der Waals surface area contributed by atoms with Gasteiger partial charge in [0.2, 0.25) is 0 Å². The maximum absolute atomic E-state index is 12.3. The molecule has 0 aromatic carbocycles. The molecule has 2 aliphatic heterocycles. The lowest BCUT2D eigenvalue weighted by atomic mass is 9.98. The van der Waals surface area contributed by atoms with Gasteiger partial charge in [0.15, 0.2) is 5.82 Å². The van der Waals surface area contributed by atoms with Crippen molar-refractivity contribution in [2.75, 3.05) is 12.0 Å². The first kappa shape index (κ1) is 24.2. The van der Waals surface area contributed by atoms with Crippen molar-refractivity contribution >= 4 is 23.3 Å². The average molecular weight is 478 g/mol. The van der Waals surface area contributed by atoms with Crippen LogP contribution in [0.1, 0.15) is 62.7 Å². The Morgan fingerprint density at radius 3 is 2.91 bits per heavy atom. The van der Waals surface area contributed by atoms with Crippen molar-refractivity contribution in [3.8, 4) is 0 Å². The molecule has 4 rings (SSSR count). The number of rotatable bonds is 7. The third-order valence-electron chi connectivity index (χ3n) is 6.15. The van der Waals surface area contributed by atoms with E-state index in [0.717, 1.165) is 66.2 Å². The topological polar surface area (TPSA) is 63.1 Å². The number of unbranched alkanes of at least 4 members (excludes halogenated alkanes) is 1. The van der Waals surface area contributed by atoms with Gasteiger partial charge in [-0.2, -0.15) is 0 Å². The number of halogens is 1. The van der Waals surface area contributed by atoms with Gasteiger partial charge >= 0.3 is 0 Å². The Morgan fingerprint density at radius 2 is 2.12 bits per heavy atom. The van der Waals surface area contributed by atoms with Crippen molar-refractivity contribution in [1.82, 2.24) is 19.5 Å². The molecule has 1 unspecified atom stereocenters. The summed E-state index contributed by atoms with van der Waals surface area (Å²) in [7, 11) is 0. The third-order valence-corrected chi connectivity index (χ3v) is 6.43. The van der Waals surface area contributed by atoms with Crippen LogP contribution in [0.15, 0.2) is 64.2 Å². The normalized spacial score (nSPS) is 18.9. The van der Waals surface area contributed by atoms with Crippen LogP contribution in [0.25, 0.3) is 11.6 Å². The average Bonchev–Trinajstić information content (AvgIpc) is 2.84. The summed E-state index contributed by atoms with van der Waals surface area (Å²) in [5.74, 6) is 0.635. The highest BCUT2D eigenvalue weighted by molar-refractivity contribution is 6.31. The number of hydrogen-bond acceptors (Lipinski definition) is 5. The summed E-state index contributed by atoms with van der Waals surface area (Å²) in [6, 6.07) is 3.72. The second-order valence-electron chi connectivity index (χ2n) is 8.73. The number of allylic oxidation sites excluding steroid dienone is 6. The zero-order valence-corrected chi connectivity index (χ0v) is 20.8. The monoisotopic (exact) mass is 477 g/mol. The van der Waals surface area contributed by atoms with Crippen LogP contribution in [0.5, 0.6) is 0 Å². The van der Waals surface area contributed by atoms with E-state index < -0.39 is 0 Å². The highest BCUT2D eigenvalue weighted by Crippen LogP contribution is 2.27. The van der Waals surface area contributed by atoms with E-state index >= 15 is 0 Å². The molecule has 0 saturated heterocycles. The molecule has 0 aliphatic carbocycles. The van der Waals surface area contributed by atoms with E-state index in [1.165, 1.54) is 16.3 Å². The van der Waals surface area contributed by atoms with Crippen LogP contribution in [0.3, 0.4) is 0 Å². The van der Waals surface area contributed by atoms with E-state index in [1.807, 2.05) is 18.3 Å². The SMILES string of the molecule is CC/C=C(/C=C\C(Cl)=C\CCC)c1cnc2c(c1)CN(C1Nn3c(nccc3=O)C=C1C)CC2. The van der Waals surface area contributed by atoms with Crippen LogP contribution in [-0.4, -0.2) is 32.3 Å². The summed E-state index contributed by atoms with van der Waals surface area (Å²) in [4.78, 5) is 23.8. The molecule has 1 atom stereocenters. The molecule has 4 heterocycles. The minimum atomic E-state index is -0.104. The number of nitrogens with zero attached hydrogens (tertiary/aromatic N) is 4. The molecular formula is C27H32ClN5O. The fourth-order valence-corrected chi connectivity index (χ4v) is 4.55. The van der Waals surface area contributed by atoms with Crippen LogP contribution in [-0.2, 0) is 13.0 Å². The standard InChI is InChI=1S/C27H32ClN5O/c1-4-6-8-23(28)10-9-20(7-5-2)21-16-22-18-32(14-12-24(22)30-17-21)27-19(3)15-25-29-13-11-26(34)33(25)31-27/h7-11,13,15-17,27,31H,4-6,12,14,18H2,1-3H3/b10-9-,20-7-,23-8-. The lowest BCUT2D eigenvalue weighted by Crippen LogP contribution is -2.51. The highest BCUT2D eigenvalue weighted by Gasteiger charge is 2.28. The molecule has 0 radical (unpaired) electrons. The fraction of sp³-hybridized carbons (Fsp3) is 0.370. The van der Waals surface area contributed by atoms with Crippen LogP contribution in [0.4, 0.5) is 0 Å². The summed E-state index contributed by atoms with van der Waals surface area (Å²) in [6.07, 6.45) is 17.6. The molecule has 7 heteroatoms. The smallest absolute Gasteiger partial charge is 0.272 e. The molecule has 1 N–H and O–H groups in total. The molecule has 2 aromatic heterocycles. The first-order chi connectivity index (χ1) is 16.5. The molecule has 0 fully saturated rings. The number of pyridine rings is 1. The Hall–Kier alpha value is -2.96. The molecule has 0 amide bonds. The summed E-state index contributed by atoms with van der Waals surface area (Å²) in [6.45, 7) is 7.97. The van der Waals surface area contributed by atoms with Gasteiger partial charge in [0.25, 0.3) is 5.56 Å². The van der Waals surface area contributed by atoms with E-state index in [1.54, 1.807) is 6.20 Å². The Balaban J connectivity index is 1.57. The first-order valence-corrected chi connectivity index (χ1v) is 12.4. The van der Waals surface area contributed by atoms with Gasteiger partial charge in [-0.1, -0.05) is 50.1 Å². The molecule has 34 heavy (non-hydrogen) atoms. The van der Waals surface area contributed by atoms with Crippen LogP contribution in [0.2, 0.25) is 0 Å². The van der Waals surface area contributed by atoms with Gasteiger partial charge in [0, 0.05) is 54.3 Å². The van der Waals surface area contributed by atoms with Crippen molar-refractivity contribution in [2.24, 2.45) is 0 Å². The third kappa shape index (κ3) is 5.40. The van der Waals surface area contributed by atoms with Crippen molar-refractivity contribution < 1.29 is 0 Å². The van der Waals surface area contributed by atoms with Crippen molar-refractivity contribution in [2.45, 2.75) is 59.2 Å². The van der Waals surface area contributed by atoms with Gasteiger partial charge in [0.1, 0.15) is 6.17 Å². The van der Waals surface area contributed by atoms with Crippen molar-refractivity contribution in [3.05, 3.63) is 92.4 Å². The zero-order valence-electron chi connectivity index (χ0n) is 20.1.